The zero-order chi connectivity index (χ0) is 70.1. The second-order valence-corrected chi connectivity index (χ2v) is 26.8. The van der Waals surface area contributed by atoms with Crippen molar-refractivity contribution in [3.63, 3.8) is 0 Å². The average Bonchev–Trinajstić information content (AvgIpc) is 1.81. The van der Waals surface area contributed by atoms with Crippen LogP contribution in [0.25, 0.3) is 0 Å². The van der Waals surface area contributed by atoms with Crippen LogP contribution in [0.15, 0.2) is 90.5 Å². The van der Waals surface area contributed by atoms with Crippen LogP contribution in [-0.2, 0) is 65.5 Å². The Morgan fingerprint density at radius 2 is 1.43 bits per heavy atom. The van der Waals surface area contributed by atoms with Gasteiger partial charge in [0.15, 0.2) is 0 Å². The number of primary amides is 1. The van der Waals surface area contributed by atoms with Crippen molar-refractivity contribution in [3.05, 3.63) is 107 Å². The monoisotopic (exact) mass is 1340 g/mol. The second kappa shape index (κ2) is 38.6. The molecule has 2 aromatic carbocycles. The van der Waals surface area contributed by atoms with Crippen molar-refractivity contribution in [2.24, 2.45) is 29.4 Å². The summed E-state index contributed by atoms with van der Waals surface area (Å²) in [6, 6.07) is 11.2. The number of likely N-dealkylation sites (tertiary alicyclic amines) is 1. The molecule has 0 spiro atoms. The van der Waals surface area contributed by atoms with Gasteiger partial charge in [0.05, 0.1) is 48.7 Å². The number of methoxy groups -OCH3 is 2. The van der Waals surface area contributed by atoms with Gasteiger partial charge in [-0.05, 0) is 106 Å². The van der Waals surface area contributed by atoms with E-state index in [9.17, 15) is 47.9 Å². The van der Waals surface area contributed by atoms with Gasteiger partial charge in [-0.15, -0.1) is 11.3 Å². The van der Waals surface area contributed by atoms with Crippen molar-refractivity contribution in [3.8, 4) is 0 Å². The number of amides is 11. The van der Waals surface area contributed by atoms with Gasteiger partial charge in [0.2, 0.25) is 41.4 Å². The van der Waals surface area contributed by atoms with Crippen LogP contribution < -0.4 is 37.6 Å². The van der Waals surface area contributed by atoms with Gasteiger partial charge in [-0.3, -0.25) is 53.0 Å². The van der Waals surface area contributed by atoms with E-state index >= 15 is 0 Å². The van der Waals surface area contributed by atoms with Gasteiger partial charge in [0.25, 0.3) is 11.8 Å². The normalized spacial score (nSPS) is 16.8. The maximum atomic E-state index is 14.9. The number of unbranched alkanes of at least 4 members (excludes halogenated alkanes) is 2. The predicted octanol–water partition coefficient (Wildman–Crippen LogP) is 6.22. The van der Waals surface area contributed by atoms with Gasteiger partial charge < -0.3 is 56.9 Å². The van der Waals surface area contributed by atoms with Crippen molar-refractivity contribution in [2.45, 2.75) is 187 Å². The maximum absolute atomic E-state index is 14.9. The van der Waals surface area contributed by atoms with Gasteiger partial charge in [0.1, 0.15) is 23.1 Å². The Bertz CT molecular complexity index is 3050. The zero-order valence-corrected chi connectivity index (χ0v) is 58.5. The van der Waals surface area contributed by atoms with Crippen molar-refractivity contribution < 1.29 is 57.4 Å². The molecule has 10 unspecified atom stereocenters. The Hall–Kier alpha value is -7.87. The molecule has 2 aliphatic heterocycles. The number of ether oxygens (including phenoxy) is 2. The molecule has 1 aromatic heterocycles. The highest BCUT2D eigenvalue weighted by Crippen LogP contribution is 2.31. The number of hydrogen-bond acceptors (Lipinski definition) is 15. The number of imide groups is 1. The lowest BCUT2D eigenvalue weighted by molar-refractivity contribution is -0.145. The molecule has 25 heteroatoms. The van der Waals surface area contributed by atoms with Crippen LogP contribution in [-0.4, -0.2) is 187 Å². The van der Waals surface area contributed by atoms with E-state index < -0.39 is 72.2 Å². The molecule has 3 heterocycles. The summed E-state index contributed by atoms with van der Waals surface area (Å²) < 4.78 is 12.2. The Labute approximate surface area is 565 Å². The number of rotatable bonds is 40. The summed E-state index contributed by atoms with van der Waals surface area (Å²) in [4.78, 5) is 145. The van der Waals surface area contributed by atoms with Crippen LogP contribution in [0.4, 0.5) is 10.5 Å². The summed E-state index contributed by atoms with van der Waals surface area (Å²) in [5, 5.41) is 20.0. The number of likely N-dealkylation sites (N-methyl/N-ethyl adjacent to an activating group) is 2. The van der Waals surface area contributed by atoms with E-state index in [0.717, 1.165) is 21.0 Å². The lowest BCUT2D eigenvalue weighted by Gasteiger charge is -2.39. The van der Waals surface area contributed by atoms with Gasteiger partial charge in [0, 0.05) is 83.3 Å². The van der Waals surface area contributed by atoms with Crippen LogP contribution in [0.5, 0.6) is 0 Å². The molecule has 3 aromatic rings. The number of aromatic nitrogens is 1. The Morgan fingerprint density at radius 3 is 2.02 bits per heavy atom. The summed E-state index contributed by atoms with van der Waals surface area (Å²) in [6.07, 6.45) is 7.62. The number of hydrogen-bond donors (Lipinski definition) is 7. The zero-order valence-electron chi connectivity index (χ0n) is 57.7. The fourth-order valence-electron chi connectivity index (χ4n) is 12.4. The molecule has 95 heavy (non-hydrogen) atoms. The lowest BCUT2D eigenvalue weighted by atomic mass is 9.92. The lowest BCUT2D eigenvalue weighted by Crippen LogP contribution is -2.59. The number of urea groups is 1. The summed E-state index contributed by atoms with van der Waals surface area (Å²) in [5.41, 5.74) is 8.35. The topological polar surface area (TPSA) is 313 Å². The highest BCUT2D eigenvalue weighted by Gasteiger charge is 2.43. The summed E-state index contributed by atoms with van der Waals surface area (Å²) >= 11 is 1.48. The number of anilines is 1. The van der Waals surface area contributed by atoms with E-state index in [2.05, 4.69) is 43.5 Å². The fraction of sp³-hybridized carbons (Fsp3) is 0.586. The minimum atomic E-state index is -1.06. The van der Waals surface area contributed by atoms with Crippen LogP contribution >= 0.6 is 11.3 Å². The molecule has 8 N–H and O–H groups in total. The largest absolute Gasteiger partial charge is 0.378 e. The van der Waals surface area contributed by atoms with Crippen molar-refractivity contribution >= 4 is 76.2 Å². The van der Waals surface area contributed by atoms with Crippen molar-refractivity contribution in [1.29, 1.82) is 0 Å². The number of nitrogens with one attached hydrogen (secondary N) is 6. The van der Waals surface area contributed by atoms with Crippen molar-refractivity contribution in [1.82, 2.24) is 51.2 Å². The first-order valence-corrected chi connectivity index (χ1v) is 34.2. The van der Waals surface area contributed by atoms with E-state index in [1.54, 1.807) is 56.1 Å². The molecule has 24 nitrogen and oxygen atoms in total. The third kappa shape index (κ3) is 23.2. The fourth-order valence-corrected chi connectivity index (χ4v) is 13.1. The summed E-state index contributed by atoms with van der Waals surface area (Å²) in [7, 11) is 6.58. The molecule has 0 bridgehead atoms. The molecule has 11 amide bonds. The molecular weight excluding hydrogens is 1230 g/mol. The van der Waals surface area contributed by atoms with Crippen LogP contribution in [0.2, 0.25) is 0 Å². The number of benzene rings is 2. The average molecular weight is 1340 g/mol. The first kappa shape index (κ1) is 77.8. The Balaban J connectivity index is 1.18. The number of carbonyl (C=O) groups is 10. The smallest absolute Gasteiger partial charge is 0.312 e. The number of nitrogens with two attached hydrogens (primary N) is 1. The summed E-state index contributed by atoms with van der Waals surface area (Å²) in [5.74, 6) is -4.78. The van der Waals surface area contributed by atoms with Crippen LogP contribution in [0.3, 0.4) is 0 Å². The predicted molar refractivity (Wildman–Crippen MR) is 366 cm³/mol. The highest BCUT2D eigenvalue weighted by molar-refractivity contribution is 7.09. The molecule has 0 saturated carbocycles. The SMILES string of the molecule is C=C(CC)C(C(CC(=O)N1CCCC1C(OC)C(C)C(=O)NC(Cc1ccccc1)c1nccs1)OC)N(C)C(=O)C(NC(=O)C(C(C)C)N(C)CCc1ccc(NC(=O)C(CCCNC(N)=O)NC(=O)C(NC(=O)CCCCCN2C(=O)C=CC2=O)C(C)C)cc1)C(C)C. The van der Waals surface area contributed by atoms with Crippen LogP contribution in [0.1, 0.15) is 142 Å². The van der Waals surface area contributed by atoms with E-state index in [4.69, 9.17) is 15.2 Å². The van der Waals surface area contributed by atoms with Gasteiger partial charge in [-0.2, -0.15) is 0 Å². The van der Waals surface area contributed by atoms with E-state index in [1.165, 1.54) is 30.6 Å². The van der Waals surface area contributed by atoms with E-state index in [-0.39, 0.29) is 97.5 Å². The second-order valence-electron chi connectivity index (χ2n) is 25.9. The number of nitrogens with zero attached hydrogens (tertiary/aromatic N) is 5. The molecule has 1 fully saturated rings. The molecule has 0 radical (unpaired) electrons. The quantitative estimate of drug-likeness (QED) is 0.0189. The third-order valence-electron chi connectivity index (χ3n) is 17.8. The number of carbonyl (C=O) groups excluding carboxylic acids is 10. The molecule has 5 rings (SSSR count). The Kier molecular flexibility index (Phi) is 31.6. The van der Waals surface area contributed by atoms with Crippen LogP contribution in [0, 0.1) is 23.7 Å². The number of thiazole rings is 1. The first-order chi connectivity index (χ1) is 45.2. The minimum absolute atomic E-state index is 0.0903. The van der Waals surface area contributed by atoms with E-state index in [0.29, 0.717) is 82.1 Å². The third-order valence-corrected chi connectivity index (χ3v) is 18.7. The highest BCUT2D eigenvalue weighted by atomic mass is 32.1. The van der Waals surface area contributed by atoms with Gasteiger partial charge >= 0.3 is 6.03 Å². The standard InChI is InChI=1S/C70H104N12O12S/c1-14-46(8)62(54(93-12)42-58(86)81-38-22-26-53(81)63(94-13)47(9)64(87)76-52(68-72-36-40-95-68)41-49-23-17-15-18-24-49)80(11)69(91)60(44(4)5)78-67(90)61(45(6)7)79(10)39-34-48-28-30-50(31-29-48)74-65(88)51(25-21-35-73-70(71)92)75-66(89)59(43(2)3)77-55(83)27-19-16-20-37-82-56(84)32-33-57(82)85/h15,17-18,23-24,28-33,36,40,43-45,47,51-54,59-63H,8,14,16,19-22,25-27,34-35,37-39,41-42H2,1-7,9-13H3,(H,74,88)(H,75,89)(H,76,87)(H,77,83)(H,78,90)(H3,71,73,92). The van der Waals surface area contributed by atoms with Crippen molar-refractivity contribution in [2.75, 3.05) is 59.8 Å². The molecule has 1 saturated heterocycles. The molecule has 2 aliphatic rings. The molecule has 0 aliphatic carbocycles. The molecule has 10 atom stereocenters. The van der Waals surface area contributed by atoms with E-state index in [1.807, 2.05) is 101 Å². The van der Waals surface area contributed by atoms with Gasteiger partial charge in [-0.25, -0.2) is 9.78 Å². The first-order valence-electron chi connectivity index (χ1n) is 33.3. The summed E-state index contributed by atoms with van der Waals surface area (Å²) in [6.45, 7) is 20.6. The van der Waals surface area contributed by atoms with Gasteiger partial charge in [-0.1, -0.05) is 116 Å². The molecule has 522 valence electrons. The Morgan fingerprint density at radius 1 is 0.758 bits per heavy atom. The minimum Gasteiger partial charge on any atom is -0.378 e. The maximum Gasteiger partial charge on any atom is 0.312 e. The molecular formula is C70H104N12O12S.